The minimum Gasteiger partial charge on any atom is -0.453 e. The lowest BCUT2D eigenvalue weighted by Gasteiger charge is -2.35. The Labute approximate surface area is 199 Å². The van der Waals surface area contributed by atoms with Crippen LogP contribution in [0.25, 0.3) is 28.3 Å². The second-order valence-corrected chi connectivity index (χ2v) is 8.58. The summed E-state index contributed by atoms with van der Waals surface area (Å²) in [5.74, 6) is 0.993. The van der Waals surface area contributed by atoms with Crippen molar-refractivity contribution in [2.75, 3.05) is 38.3 Å². The molecule has 35 heavy (non-hydrogen) atoms. The number of hydrogen-bond acceptors (Lipinski definition) is 8. The number of methoxy groups -OCH3 is 1. The number of rotatable bonds is 4. The quantitative estimate of drug-likeness (QED) is 0.442. The zero-order valence-corrected chi connectivity index (χ0v) is 19.2. The zero-order chi connectivity index (χ0) is 24.1. The average molecular weight is 474 g/mol. The van der Waals surface area contributed by atoms with E-state index in [-0.39, 0.29) is 18.1 Å². The molecule has 4 aromatic rings. The molecule has 1 aromatic carbocycles. The van der Waals surface area contributed by atoms with E-state index in [1.165, 1.54) is 7.11 Å². The van der Waals surface area contributed by atoms with Crippen LogP contribution in [0.15, 0.2) is 47.2 Å². The molecule has 2 saturated heterocycles. The Kier molecular flexibility index (Phi) is 4.90. The monoisotopic (exact) mass is 474 g/mol. The third-order valence-corrected chi connectivity index (χ3v) is 6.45. The van der Waals surface area contributed by atoms with Crippen LogP contribution in [-0.4, -0.2) is 70.0 Å². The van der Waals surface area contributed by atoms with Gasteiger partial charge in [0.2, 0.25) is 11.7 Å². The van der Waals surface area contributed by atoms with E-state index >= 15 is 0 Å². The molecule has 0 aliphatic carbocycles. The van der Waals surface area contributed by atoms with Crippen LogP contribution in [0.1, 0.15) is 17.4 Å². The van der Waals surface area contributed by atoms with Gasteiger partial charge in [-0.15, -0.1) is 0 Å². The molecule has 11 nitrogen and oxygen atoms in total. The van der Waals surface area contributed by atoms with Crippen molar-refractivity contribution in [2.24, 2.45) is 0 Å². The number of cyclic esters (lactones) is 1. The summed E-state index contributed by atoms with van der Waals surface area (Å²) in [5, 5.41) is 4.16. The maximum Gasteiger partial charge on any atom is 0.414 e. The van der Waals surface area contributed by atoms with Crippen LogP contribution in [0.4, 0.5) is 15.3 Å². The van der Waals surface area contributed by atoms with Gasteiger partial charge in [0, 0.05) is 36.5 Å². The molecule has 0 unspecified atom stereocenters. The number of aryl methyl sites for hydroxylation is 1. The van der Waals surface area contributed by atoms with Gasteiger partial charge in [-0.25, -0.2) is 14.6 Å². The Hall–Kier alpha value is -4.41. The van der Waals surface area contributed by atoms with Gasteiger partial charge >= 0.3 is 12.2 Å². The van der Waals surface area contributed by atoms with Gasteiger partial charge in [-0.2, -0.15) is 4.98 Å². The Morgan fingerprint density at radius 1 is 1.20 bits per heavy atom. The Balaban J connectivity index is 1.28. The number of ether oxygens (including phenoxy) is 2. The zero-order valence-electron chi connectivity index (χ0n) is 19.2. The summed E-state index contributed by atoms with van der Waals surface area (Å²) in [6.45, 7) is 3.93. The summed E-state index contributed by atoms with van der Waals surface area (Å²) >= 11 is 0. The number of hydrogen-bond donors (Lipinski definition) is 0. The minimum atomic E-state index is -0.357. The summed E-state index contributed by atoms with van der Waals surface area (Å²) in [7, 11) is 1.36. The first-order valence-corrected chi connectivity index (χ1v) is 11.2. The van der Waals surface area contributed by atoms with Crippen molar-refractivity contribution in [1.29, 1.82) is 0 Å². The van der Waals surface area contributed by atoms with Crippen LogP contribution in [0.3, 0.4) is 0 Å². The number of fused-ring (bicyclic) bond motifs is 1. The van der Waals surface area contributed by atoms with Crippen molar-refractivity contribution in [3.8, 4) is 22.6 Å². The van der Waals surface area contributed by atoms with Gasteiger partial charge in [-0.1, -0.05) is 17.3 Å². The molecule has 0 atom stereocenters. The number of imidazole rings is 1. The standard InChI is InChI=1S/C24H22N6O5/c1-14-3-4-15(21-26-22(35-27-21)16-12-28(13-16)23(31)33-2)9-18(14)19-11-25-20-10-17(5-6-30(19)20)29-7-8-34-24(29)32/h3-6,9-11,16H,7-8,12-13H2,1-2H3. The highest BCUT2D eigenvalue weighted by atomic mass is 16.6. The van der Waals surface area contributed by atoms with Gasteiger partial charge in [0.1, 0.15) is 12.3 Å². The lowest BCUT2D eigenvalue weighted by Crippen LogP contribution is -2.48. The Bertz CT molecular complexity index is 1450. The van der Waals surface area contributed by atoms with E-state index in [2.05, 4.69) is 15.1 Å². The van der Waals surface area contributed by atoms with Crippen molar-refractivity contribution in [3.63, 3.8) is 0 Å². The number of aromatic nitrogens is 4. The molecule has 5 heterocycles. The topological polar surface area (TPSA) is 115 Å². The van der Waals surface area contributed by atoms with Crippen LogP contribution >= 0.6 is 0 Å². The molecule has 11 heteroatoms. The molecule has 178 valence electrons. The second-order valence-electron chi connectivity index (χ2n) is 8.58. The lowest BCUT2D eigenvalue weighted by atomic mass is 10.0. The fourth-order valence-electron chi connectivity index (χ4n) is 4.43. The Morgan fingerprint density at radius 2 is 2.06 bits per heavy atom. The van der Waals surface area contributed by atoms with Crippen LogP contribution < -0.4 is 4.90 Å². The van der Waals surface area contributed by atoms with E-state index in [1.807, 2.05) is 54.0 Å². The van der Waals surface area contributed by atoms with E-state index in [9.17, 15) is 9.59 Å². The van der Waals surface area contributed by atoms with Crippen LogP contribution in [-0.2, 0) is 9.47 Å². The van der Waals surface area contributed by atoms with Crippen molar-refractivity contribution >= 4 is 23.5 Å². The second kappa shape index (κ2) is 8.12. The summed E-state index contributed by atoms with van der Waals surface area (Å²) in [6.07, 6.45) is 3.01. The molecule has 0 radical (unpaired) electrons. The van der Waals surface area contributed by atoms with Crippen molar-refractivity contribution in [3.05, 3.63) is 54.2 Å². The maximum atomic E-state index is 11.9. The minimum absolute atomic E-state index is 0.00104. The van der Waals surface area contributed by atoms with Gasteiger partial charge in [0.25, 0.3) is 0 Å². The van der Waals surface area contributed by atoms with Crippen LogP contribution in [0.5, 0.6) is 0 Å². The van der Waals surface area contributed by atoms with Gasteiger partial charge < -0.3 is 18.9 Å². The third kappa shape index (κ3) is 3.56. The number of benzene rings is 1. The predicted molar refractivity (Wildman–Crippen MR) is 124 cm³/mol. The summed E-state index contributed by atoms with van der Waals surface area (Å²) in [5.41, 5.74) is 5.25. The van der Waals surface area contributed by atoms with E-state index in [0.717, 1.165) is 33.7 Å². The smallest absolute Gasteiger partial charge is 0.414 e. The molecule has 0 saturated carbocycles. The normalized spacial score (nSPS) is 16.0. The molecule has 2 fully saturated rings. The highest BCUT2D eigenvalue weighted by Gasteiger charge is 2.36. The number of carbonyl (C=O) groups excluding carboxylic acids is 2. The molecule has 6 rings (SSSR count). The van der Waals surface area contributed by atoms with Crippen molar-refractivity contribution in [2.45, 2.75) is 12.8 Å². The van der Waals surface area contributed by atoms with Gasteiger partial charge in [0.15, 0.2) is 0 Å². The average Bonchev–Trinajstić information content (AvgIpc) is 3.58. The van der Waals surface area contributed by atoms with Crippen LogP contribution in [0.2, 0.25) is 0 Å². The fourth-order valence-corrected chi connectivity index (χ4v) is 4.43. The first-order valence-electron chi connectivity index (χ1n) is 11.2. The fraction of sp³-hybridized carbons (Fsp3) is 0.292. The van der Waals surface area contributed by atoms with Gasteiger partial charge in [-0.3, -0.25) is 9.30 Å². The summed E-state index contributed by atoms with van der Waals surface area (Å²) in [6, 6.07) is 9.73. The number of amides is 2. The Morgan fingerprint density at radius 3 is 2.83 bits per heavy atom. The van der Waals surface area contributed by atoms with Crippen LogP contribution in [0, 0.1) is 6.92 Å². The molecule has 3 aromatic heterocycles. The summed E-state index contributed by atoms with van der Waals surface area (Å²) < 4.78 is 17.2. The van der Waals surface area contributed by atoms with E-state index in [1.54, 1.807) is 9.80 Å². The number of nitrogens with zero attached hydrogens (tertiary/aromatic N) is 6. The molecule has 0 spiro atoms. The summed E-state index contributed by atoms with van der Waals surface area (Å²) in [4.78, 5) is 35.8. The van der Waals surface area contributed by atoms with Gasteiger partial charge in [-0.05, 0) is 24.6 Å². The largest absolute Gasteiger partial charge is 0.453 e. The van der Waals surface area contributed by atoms with E-state index < -0.39 is 0 Å². The first-order chi connectivity index (χ1) is 17.0. The van der Waals surface area contributed by atoms with Crippen molar-refractivity contribution < 1.29 is 23.6 Å². The van der Waals surface area contributed by atoms with Gasteiger partial charge in [0.05, 0.1) is 37.2 Å². The number of carbonyl (C=O) groups is 2. The highest BCUT2D eigenvalue weighted by molar-refractivity contribution is 5.90. The molecule has 0 N–H and O–H groups in total. The molecule has 0 bridgehead atoms. The maximum absolute atomic E-state index is 11.9. The highest BCUT2D eigenvalue weighted by Crippen LogP contribution is 2.32. The molecule has 2 aliphatic rings. The number of anilines is 1. The lowest BCUT2D eigenvalue weighted by molar-refractivity contribution is 0.0804. The van der Waals surface area contributed by atoms with Crippen molar-refractivity contribution in [1.82, 2.24) is 24.4 Å². The van der Waals surface area contributed by atoms with E-state index in [4.69, 9.17) is 14.0 Å². The molecule has 2 amide bonds. The third-order valence-electron chi connectivity index (χ3n) is 6.45. The van der Waals surface area contributed by atoms with E-state index in [0.29, 0.717) is 38.0 Å². The SMILES string of the molecule is COC(=O)N1CC(c2nc(-c3ccc(C)c(-c4cnc5cc(N6CCOC6=O)ccn45)c3)no2)C1. The molecular weight excluding hydrogens is 452 g/mol. The predicted octanol–water partition coefficient (Wildman–Crippen LogP) is 3.48. The molecule has 2 aliphatic heterocycles. The first kappa shape index (κ1) is 21.1. The molecular formula is C24H22N6O5. The number of pyridine rings is 1. The number of likely N-dealkylation sites (tertiary alicyclic amines) is 1.